The summed E-state index contributed by atoms with van der Waals surface area (Å²) in [6.45, 7) is 6.06. The number of nitrogens with zero attached hydrogens (tertiary/aromatic N) is 1. The zero-order chi connectivity index (χ0) is 16.3. The first-order chi connectivity index (χ1) is 10.4. The van der Waals surface area contributed by atoms with E-state index in [-0.39, 0.29) is 23.2 Å². The largest absolute Gasteiger partial charge is 0.497 e. The van der Waals surface area contributed by atoms with E-state index in [1.54, 1.807) is 31.4 Å². The van der Waals surface area contributed by atoms with Gasteiger partial charge in [0.2, 0.25) is 0 Å². The normalized spacial score (nSPS) is 12.2. The Morgan fingerprint density at radius 1 is 1.27 bits per heavy atom. The van der Waals surface area contributed by atoms with Crippen molar-refractivity contribution in [3.05, 3.63) is 29.8 Å². The Morgan fingerprint density at radius 2 is 1.91 bits per heavy atom. The minimum absolute atomic E-state index is 0.0395. The summed E-state index contributed by atoms with van der Waals surface area (Å²) in [4.78, 5) is 11.6. The maximum atomic E-state index is 11.6. The van der Waals surface area contributed by atoms with Crippen LogP contribution in [0.4, 0.5) is 5.82 Å². The van der Waals surface area contributed by atoms with Crippen molar-refractivity contribution in [3.63, 3.8) is 0 Å². The first-order valence-electron chi connectivity index (χ1n) is 7.08. The van der Waals surface area contributed by atoms with Crippen molar-refractivity contribution in [2.24, 2.45) is 5.92 Å². The minimum Gasteiger partial charge on any atom is -0.497 e. The lowest BCUT2D eigenvalue weighted by molar-refractivity contribution is 0.0698. The number of aromatic carboxylic acids is 1. The Balaban J connectivity index is 2.39. The van der Waals surface area contributed by atoms with Crippen LogP contribution in [0.5, 0.6) is 5.75 Å². The fourth-order valence-electron chi connectivity index (χ4n) is 1.91. The molecule has 0 fully saturated rings. The molecule has 0 saturated heterocycles. The molecule has 6 heteroatoms. The Labute approximate surface area is 129 Å². The molecule has 2 aromatic rings. The number of carbonyl (C=O) groups is 1. The molecule has 1 aromatic heterocycles. The molecule has 2 N–H and O–H groups in total. The molecule has 0 aliphatic rings. The van der Waals surface area contributed by atoms with Gasteiger partial charge in [-0.2, -0.15) is 0 Å². The summed E-state index contributed by atoms with van der Waals surface area (Å²) in [5, 5.41) is 16.5. The van der Waals surface area contributed by atoms with Gasteiger partial charge in [-0.3, -0.25) is 0 Å². The summed E-state index contributed by atoms with van der Waals surface area (Å²) in [6.07, 6.45) is 0. The van der Waals surface area contributed by atoms with Gasteiger partial charge in [-0.05, 0) is 37.1 Å². The molecule has 0 aliphatic heterocycles. The van der Waals surface area contributed by atoms with E-state index < -0.39 is 5.97 Å². The van der Waals surface area contributed by atoms with Gasteiger partial charge in [0.05, 0.1) is 7.11 Å². The number of ether oxygens (including phenoxy) is 1. The summed E-state index contributed by atoms with van der Waals surface area (Å²) in [7, 11) is 1.57. The van der Waals surface area contributed by atoms with E-state index in [0.717, 1.165) is 0 Å². The summed E-state index contributed by atoms with van der Waals surface area (Å²) in [5.41, 5.74) is 0.675. The quantitative estimate of drug-likeness (QED) is 0.849. The van der Waals surface area contributed by atoms with E-state index in [1.165, 1.54) is 0 Å². The average Bonchev–Trinajstić information content (AvgIpc) is 2.91. The van der Waals surface area contributed by atoms with Crippen molar-refractivity contribution in [1.82, 2.24) is 5.16 Å². The number of anilines is 1. The Morgan fingerprint density at radius 3 is 2.41 bits per heavy atom. The van der Waals surface area contributed by atoms with Gasteiger partial charge >= 0.3 is 5.97 Å². The van der Waals surface area contributed by atoms with Gasteiger partial charge in [-0.25, -0.2) is 4.79 Å². The molecule has 0 radical (unpaired) electrons. The highest BCUT2D eigenvalue weighted by atomic mass is 16.5. The molecule has 1 aromatic carbocycles. The van der Waals surface area contributed by atoms with Crippen LogP contribution in [-0.4, -0.2) is 29.4 Å². The highest BCUT2D eigenvalue weighted by molar-refractivity contribution is 5.99. The lowest BCUT2D eigenvalue weighted by atomic mass is 10.1. The van der Waals surface area contributed by atoms with E-state index >= 15 is 0 Å². The highest BCUT2D eigenvalue weighted by Crippen LogP contribution is 2.31. The molecule has 118 valence electrons. The zero-order valence-electron chi connectivity index (χ0n) is 13.1. The number of carboxylic acids is 1. The molecule has 0 saturated carbocycles. The van der Waals surface area contributed by atoms with Crippen LogP contribution >= 0.6 is 0 Å². The Kier molecular flexibility index (Phi) is 4.70. The van der Waals surface area contributed by atoms with Crippen LogP contribution in [-0.2, 0) is 0 Å². The van der Waals surface area contributed by atoms with Crippen LogP contribution in [0.15, 0.2) is 28.8 Å². The second-order valence-corrected chi connectivity index (χ2v) is 5.45. The molecule has 1 heterocycles. The van der Waals surface area contributed by atoms with Crippen LogP contribution in [0, 0.1) is 5.92 Å². The average molecular weight is 304 g/mol. The van der Waals surface area contributed by atoms with Crippen LogP contribution in [0.2, 0.25) is 0 Å². The Bertz CT molecular complexity index is 647. The fraction of sp³-hybridized carbons (Fsp3) is 0.375. The Hall–Kier alpha value is -2.50. The smallest absolute Gasteiger partial charge is 0.343 e. The monoisotopic (exact) mass is 304 g/mol. The summed E-state index contributed by atoms with van der Waals surface area (Å²) >= 11 is 0. The number of aromatic nitrogens is 1. The molecule has 0 amide bonds. The van der Waals surface area contributed by atoms with Crippen LogP contribution in [0.3, 0.4) is 0 Å². The number of hydrogen-bond acceptors (Lipinski definition) is 5. The van der Waals surface area contributed by atoms with E-state index in [1.807, 2.05) is 20.8 Å². The van der Waals surface area contributed by atoms with Crippen LogP contribution < -0.4 is 10.1 Å². The van der Waals surface area contributed by atoms with Gasteiger partial charge < -0.3 is 19.7 Å². The predicted octanol–water partition coefficient (Wildman–Crippen LogP) is 3.50. The second kappa shape index (κ2) is 6.51. The van der Waals surface area contributed by atoms with Crippen molar-refractivity contribution in [3.8, 4) is 17.1 Å². The molecule has 0 aliphatic carbocycles. The van der Waals surface area contributed by atoms with Crippen molar-refractivity contribution >= 4 is 11.8 Å². The van der Waals surface area contributed by atoms with Crippen LogP contribution in [0.1, 0.15) is 31.1 Å². The number of nitrogens with one attached hydrogen (secondary N) is 1. The third kappa shape index (κ3) is 3.21. The molecule has 22 heavy (non-hydrogen) atoms. The first kappa shape index (κ1) is 15.9. The van der Waals surface area contributed by atoms with Crippen molar-refractivity contribution in [2.45, 2.75) is 26.8 Å². The van der Waals surface area contributed by atoms with Crippen molar-refractivity contribution < 1.29 is 19.2 Å². The molecule has 0 spiro atoms. The lowest BCUT2D eigenvalue weighted by Crippen LogP contribution is -2.22. The molecule has 1 atom stereocenters. The molecular formula is C16H20N2O4. The number of carboxylic acid groups (broad SMARTS) is 1. The van der Waals surface area contributed by atoms with Gasteiger partial charge in [0.25, 0.3) is 0 Å². The number of methoxy groups -OCH3 is 1. The second-order valence-electron chi connectivity index (χ2n) is 5.45. The van der Waals surface area contributed by atoms with Crippen molar-refractivity contribution in [2.75, 3.05) is 12.4 Å². The highest BCUT2D eigenvalue weighted by Gasteiger charge is 2.25. The van der Waals surface area contributed by atoms with E-state index in [4.69, 9.17) is 9.26 Å². The fourth-order valence-corrected chi connectivity index (χ4v) is 1.91. The van der Waals surface area contributed by atoms with E-state index in [2.05, 4.69) is 10.5 Å². The maximum absolute atomic E-state index is 11.6. The zero-order valence-corrected chi connectivity index (χ0v) is 13.1. The number of rotatable bonds is 6. The maximum Gasteiger partial charge on any atom is 0.343 e. The summed E-state index contributed by atoms with van der Waals surface area (Å²) in [6, 6.07) is 7.04. The lowest BCUT2D eigenvalue weighted by Gasteiger charge is -2.16. The molecular weight excluding hydrogens is 284 g/mol. The summed E-state index contributed by atoms with van der Waals surface area (Å²) < 4.78 is 10.4. The standard InChI is InChI=1S/C16H20N2O4/c1-9(2)10(3)17-15-13(16(19)20)14(22-18-15)11-5-7-12(21-4)8-6-11/h5-10H,1-4H3,(H,17,18)(H,19,20)/t10-/m0/s1. The molecule has 0 bridgehead atoms. The number of benzene rings is 1. The van der Waals surface area contributed by atoms with Gasteiger partial charge in [-0.1, -0.05) is 19.0 Å². The molecule has 6 nitrogen and oxygen atoms in total. The third-order valence-corrected chi connectivity index (χ3v) is 3.62. The first-order valence-corrected chi connectivity index (χ1v) is 7.08. The molecule has 0 unspecified atom stereocenters. The van der Waals surface area contributed by atoms with E-state index in [9.17, 15) is 9.90 Å². The van der Waals surface area contributed by atoms with E-state index in [0.29, 0.717) is 17.2 Å². The van der Waals surface area contributed by atoms with Gasteiger partial charge in [-0.15, -0.1) is 0 Å². The van der Waals surface area contributed by atoms with Crippen molar-refractivity contribution in [1.29, 1.82) is 0 Å². The van der Waals surface area contributed by atoms with Gasteiger partial charge in [0.15, 0.2) is 17.1 Å². The number of hydrogen-bond donors (Lipinski definition) is 2. The SMILES string of the molecule is COc1ccc(-c2onc(N[C@@H](C)C(C)C)c2C(=O)O)cc1. The predicted molar refractivity (Wildman–Crippen MR) is 83.4 cm³/mol. The van der Waals surface area contributed by atoms with Gasteiger partial charge in [0.1, 0.15) is 5.75 Å². The van der Waals surface area contributed by atoms with Gasteiger partial charge in [0, 0.05) is 11.6 Å². The molecule has 2 rings (SSSR count). The minimum atomic E-state index is -1.08. The third-order valence-electron chi connectivity index (χ3n) is 3.62. The topological polar surface area (TPSA) is 84.6 Å². The summed E-state index contributed by atoms with van der Waals surface area (Å²) in [5.74, 6) is 0.424. The van der Waals surface area contributed by atoms with Crippen LogP contribution in [0.25, 0.3) is 11.3 Å².